The predicted octanol–water partition coefficient (Wildman–Crippen LogP) is 4.58. The number of likely N-dealkylation sites (N-methyl/N-ethyl adjacent to an activating group) is 1. The fourth-order valence-electron chi connectivity index (χ4n) is 2.75. The maximum absolute atomic E-state index is 12.7. The molecule has 0 saturated carbocycles. The molecule has 0 aliphatic heterocycles. The molecule has 1 aromatic rings. The van der Waals surface area contributed by atoms with Crippen LogP contribution in [0, 0.1) is 5.92 Å². The molecular formula is C19H31NO. The number of ketones is 1. The first-order chi connectivity index (χ1) is 10.1. The van der Waals surface area contributed by atoms with E-state index in [0.29, 0.717) is 5.92 Å². The summed E-state index contributed by atoms with van der Waals surface area (Å²) in [5.74, 6) is 0.924. The van der Waals surface area contributed by atoms with Gasteiger partial charge in [-0.1, -0.05) is 64.8 Å². The minimum absolute atomic E-state index is 0.0388. The van der Waals surface area contributed by atoms with Gasteiger partial charge in [0.25, 0.3) is 0 Å². The monoisotopic (exact) mass is 289 g/mol. The van der Waals surface area contributed by atoms with Crippen LogP contribution in [0.15, 0.2) is 24.3 Å². The standard InChI is InChI=1S/C19H31NO/c1-6-16(7-2)14-20(9-4)15(5)19(21)18-12-10-17(8-3)11-13-18/h10-13,15-16H,6-9,14H2,1-5H3. The van der Waals surface area contributed by atoms with Crippen LogP contribution < -0.4 is 0 Å². The Balaban J connectivity index is 2.77. The van der Waals surface area contributed by atoms with Gasteiger partial charge < -0.3 is 0 Å². The molecule has 0 saturated heterocycles. The smallest absolute Gasteiger partial charge is 0.179 e. The highest BCUT2D eigenvalue weighted by Gasteiger charge is 2.22. The summed E-state index contributed by atoms with van der Waals surface area (Å²) in [7, 11) is 0. The van der Waals surface area contributed by atoms with E-state index in [-0.39, 0.29) is 11.8 Å². The highest BCUT2D eigenvalue weighted by molar-refractivity contribution is 5.99. The summed E-state index contributed by atoms with van der Waals surface area (Å²) in [5.41, 5.74) is 2.12. The summed E-state index contributed by atoms with van der Waals surface area (Å²) in [6.45, 7) is 12.7. The zero-order valence-corrected chi connectivity index (χ0v) is 14.4. The van der Waals surface area contributed by atoms with E-state index in [1.54, 1.807) is 0 Å². The van der Waals surface area contributed by atoms with Crippen molar-refractivity contribution >= 4 is 5.78 Å². The molecule has 0 aliphatic carbocycles. The normalized spacial score (nSPS) is 12.9. The minimum Gasteiger partial charge on any atom is -0.294 e. The number of Topliss-reactive ketones (excluding diaryl/α,β-unsaturated/α-hetero) is 1. The van der Waals surface area contributed by atoms with Crippen LogP contribution >= 0.6 is 0 Å². The minimum atomic E-state index is -0.0388. The molecule has 0 aromatic heterocycles. The number of benzene rings is 1. The zero-order chi connectivity index (χ0) is 15.8. The van der Waals surface area contributed by atoms with Gasteiger partial charge in [0.15, 0.2) is 5.78 Å². The number of rotatable bonds is 9. The number of hydrogen-bond donors (Lipinski definition) is 0. The molecule has 1 aromatic carbocycles. The van der Waals surface area contributed by atoms with Gasteiger partial charge in [-0.2, -0.15) is 0 Å². The third-order valence-corrected chi connectivity index (χ3v) is 4.63. The molecule has 1 unspecified atom stereocenters. The highest BCUT2D eigenvalue weighted by Crippen LogP contribution is 2.15. The number of nitrogens with zero attached hydrogens (tertiary/aromatic N) is 1. The molecule has 0 heterocycles. The highest BCUT2D eigenvalue weighted by atomic mass is 16.1. The maximum Gasteiger partial charge on any atom is 0.179 e. The van der Waals surface area contributed by atoms with Gasteiger partial charge in [-0.3, -0.25) is 9.69 Å². The third-order valence-electron chi connectivity index (χ3n) is 4.63. The molecule has 1 atom stereocenters. The summed E-state index contributed by atoms with van der Waals surface area (Å²) in [6, 6.07) is 8.04. The fraction of sp³-hybridized carbons (Fsp3) is 0.632. The molecule has 0 aliphatic rings. The van der Waals surface area contributed by atoms with E-state index in [2.05, 4.69) is 44.7 Å². The van der Waals surface area contributed by atoms with Crippen molar-refractivity contribution in [2.45, 2.75) is 59.9 Å². The molecular weight excluding hydrogens is 258 g/mol. The Morgan fingerprint density at radius 1 is 1.05 bits per heavy atom. The van der Waals surface area contributed by atoms with Gasteiger partial charge in [-0.25, -0.2) is 0 Å². The van der Waals surface area contributed by atoms with Gasteiger partial charge in [-0.05, 0) is 31.4 Å². The number of hydrogen-bond acceptors (Lipinski definition) is 2. The third kappa shape index (κ3) is 4.96. The number of carbonyl (C=O) groups is 1. The summed E-state index contributed by atoms with van der Waals surface area (Å²) in [5, 5.41) is 0. The van der Waals surface area contributed by atoms with Crippen molar-refractivity contribution in [1.82, 2.24) is 4.90 Å². The molecule has 118 valence electrons. The van der Waals surface area contributed by atoms with Gasteiger partial charge in [-0.15, -0.1) is 0 Å². The Morgan fingerprint density at radius 3 is 2.05 bits per heavy atom. The molecule has 0 N–H and O–H groups in total. The lowest BCUT2D eigenvalue weighted by molar-refractivity contribution is 0.0819. The molecule has 1 rings (SSSR count). The predicted molar refractivity (Wildman–Crippen MR) is 90.9 cm³/mol. The van der Waals surface area contributed by atoms with E-state index < -0.39 is 0 Å². The van der Waals surface area contributed by atoms with E-state index in [1.165, 1.54) is 18.4 Å². The van der Waals surface area contributed by atoms with E-state index >= 15 is 0 Å². The number of carbonyl (C=O) groups excluding carboxylic acids is 1. The van der Waals surface area contributed by atoms with Crippen LogP contribution in [0.1, 0.15) is 63.4 Å². The molecule has 0 bridgehead atoms. The Hall–Kier alpha value is -1.15. The summed E-state index contributed by atoms with van der Waals surface area (Å²) >= 11 is 0. The van der Waals surface area contributed by atoms with Crippen molar-refractivity contribution in [3.05, 3.63) is 35.4 Å². The first-order valence-corrected chi connectivity index (χ1v) is 8.44. The Morgan fingerprint density at radius 2 is 1.62 bits per heavy atom. The molecule has 0 amide bonds. The second-order valence-electron chi connectivity index (χ2n) is 5.86. The van der Waals surface area contributed by atoms with Crippen molar-refractivity contribution in [2.24, 2.45) is 5.92 Å². The lowest BCUT2D eigenvalue weighted by atomic mass is 9.98. The van der Waals surface area contributed by atoms with Crippen LogP contribution in [0.2, 0.25) is 0 Å². The van der Waals surface area contributed by atoms with Crippen LogP contribution in [0.5, 0.6) is 0 Å². The topological polar surface area (TPSA) is 20.3 Å². The quantitative estimate of drug-likeness (QED) is 0.620. The summed E-state index contributed by atoms with van der Waals surface area (Å²) in [4.78, 5) is 15.0. The zero-order valence-electron chi connectivity index (χ0n) is 14.4. The fourth-order valence-corrected chi connectivity index (χ4v) is 2.75. The Labute approximate surface area is 130 Å². The van der Waals surface area contributed by atoms with Crippen molar-refractivity contribution in [1.29, 1.82) is 0 Å². The SMILES string of the molecule is CCc1ccc(C(=O)C(C)N(CC)CC(CC)CC)cc1. The number of aryl methyl sites for hydroxylation is 1. The van der Waals surface area contributed by atoms with Crippen molar-refractivity contribution in [3.8, 4) is 0 Å². The van der Waals surface area contributed by atoms with E-state index in [0.717, 1.165) is 25.1 Å². The van der Waals surface area contributed by atoms with Gasteiger partial charge in [0.05, 0.1) is 6.04 Å². The summed E-state index contributed by atoms with van der Waals surface area (Å²) < 4.78 is 0. The molecule has 0 fully saturated rings. The Kier molecular flexibility index (Phi) is 7.66. The van der Waals surface area contributed by atoms with E-state index in [1.807, 2.05) is 19.1 Å². The molecule has 2 heteroatoms. The molecule has 21 heavy (non-hydrogen) atoms. The average molecular weight is 289 g/mol. The first-order valence-electron chi connectivity index (χ1n) is 8.44. The largest absolute Gasteiger partial charge is 0.294 e. The van der Waals surface area contributed by atoms with Crippen LogP contribution in [-0.2, 0) is 6.42 Å². The molecule has 0 spiro atoms. The second kappa shape index (κ2) is 8.99. The summed E-state index contributed by atoms with van der Waals surface area (Å²) in [6.07, 6.45) is 3.37. The Bertz CT molecular complexity index is 420. The van der Waals surface area contributed by atoms with Gasteiger partial charge in [0, 0.05) is 12.1 Å². The van der Waals surface area contributed by atoms with Gasteiger partial charge >= 0.3 is 0 Å². The van der Waals surface area contributed by atoms with Crippen LogP contribution in [0.3, 0.4) is 0 Å². The van der Waals surface area contributed by atoms with Crippen LogP contribution in [-0.4, -0.2) is 29.8 Å². The van der Waals surface area contributed by atoms with Crippen molar-refractivity contribution < 1.29 is 4.79 Å². The molecule has 0 radical (unpaired) electrons. The van der Waals surface area contributed by atoms with Crippen molar-refractivity contribution in [2.75, 3.05) is 13.1 Å². The molecule has 2 nitrogen and oxygen atoms in total. The average Bonchev–Trinajstić information content (AvgIpc) is 2.55. The lowest BCUT2D eigenvalue weighted by Crippen LogP contribution is -2.41. The maximum atomic E-state index is 12.7. The first kappa shape index (κ1) is 17.9. The van der Waals surface area contributed by atoms with E-state index in [9.17, 15) is 4.79 Å². The van der Waals surface area contributed by atoms with E-state index in [4.69, 9.17) is 0 Å². The van der Waals surface area contributed by atoms with Crippen molar-refractivity contribution in [3.63, 3.8) is 0 Å². The van der Waals surface area contributed by atoms with Gasteiger partial charge in [0.1, 0.15) is 0 Å². The van der Waals surface area contributed by atoms with Crippen LogP contribution in [0.25, 0.3) is 0 Å². The van der Waals surface area contributed by atoms with Crippen LogP contribution in [0.4, 0.5) is 0 Å². The van der Waals surface area contributed by atoms with Gasteiger partial charge in [0.2, 0.25) is 0 Å². The lowest BCUT2D eigenvalue weighted by Gasteiger charge is -2.30. The second-order valence-corrected chi connectivity index (χ2v) is 5.86.